The molecular weight excluding hydrogens is 380 g/mol. The number of fused-ring (bicyclic) bond motifs is 1. The second kappa shape index (κ2) is 7.33. The maximum Gasteiger partial charge on any atom is 0.268 e. The van der Waals surface area contributed by atoms with Crippen LogP contribution in [0.2, 0.25) is 0 Å². The molecule has 148 valence electrons. The monoisotopic (exact) mass is 402 g/mol. The van der Waals surface area contributed by atoms with Crippen LogP contribution in [0, 0.1) is 0 Å². The first-order valence-corrected chi connectivity index (χ1v) is 10.4. The van der Waals surface area contributed by atoms with Gasteiger partial charge in [0.25, 0.3) is 10.0 Å². The third kappa shape index (κ3) is 3.06. The van der Waals surface area contributed by atoms with Gasteiger partial charge in [0.05, 0.1) is 24.6 Å². The third-order valence-corrected chi connectivity index (χ3v) is 6.57. The van der Waals surface area contributed by atoms with Crippen molar-refractivity contribution >= 4 is 26.7 Å². The summed E-state index contributed by atoms with van der Waals surface area (Å²) in [4.78, 5) is 6.80. The molecule has 0 unspecified atom stereocenters. The summed E-state index contributed by atoms with van der Waals surface area (Å²) in [6, 6.07) is 8.10. The van der Waals surface area contributed by atoms with Crippen LogP contribution in [0.15, 0.2) is 47.6 Å². The van der Waals surface area contributed by atoms with Gasteiger partial charge in [0, 0.05) is 50.0 Å². The molecule has 0 radical (unpaired) electrons. The van der Waals surface area contributed by atoms with E-state index in [4.69, 9.17) is 9.47 Å². The number of pyridine rings is 1. The summed E-state index contributed by atoms with van der Waals surface area (Å²) in [6.45, 7) is 3.42. The Labute approximate surface area is 163 Å². The molecule has 1 aromatic carbocycles. The van der Waals surface area contributed by atoms with Crippen molar-refractivity contribution in [3.63, 3.8) is 0 Å². The fraction of sp³-hybridized carbons (Fsp3) is 0.316. The molecule has 9 heteroatoms. The van der Waals surface area contributed by atoms with Gasteiger partial charge < -0.3 is 19.7 Å². The molecule has 0 bridgehead atoms. The van der Waals surface area contributed by atoms with Crippen molar-refractivity contribution in [1.29, 1.82) is 0 Å². The number of ether oxygens (including phenoxy) is 2. The molecule has 4 rings (SSSR count). The van der Waals surface area contributed by atoms with Crippen LogP contribution in [0.5, 0.6) is 11.5 Å². The minimum Gasteiger partial charge on any atom is -0.493 e. The van der Waals surface area contributed by atoms with Gasteiger partial charge in [-0.2, -0.15) is 0 Å². The van der Waals surface area contributed by atoms with Gasteiger partial charge in [-0.25, -0.2) is 17.4 Å². The highest BCUT2D eigenvalue weighted by molar-refractivity contribution is 7.90. The number of methoxy groups -OCH3 is 2. The summed E-state index contributed by atoms with van der Waals surface area (Å²) in [5.41, 5.74) is 0.596. The molecule has 0 spiro atoms. The lowest BCUT2D eigenvalue weighted by Crippen LogP contribution is -2.43. The highest BCUT2D eigenvalue weighted by Crippen LogP contribution is 2.32. The van der Waals surface area contributed by atoms with E-state index in [1.807, 2.05) is 0 Å². The number of piperazine rings is 1. The first kappa shape index (κ1) is 18.6. The van der Waals surface area contributed by atoms with Crippen LogP contribution in [0.25, 0.3) is 10.9 Å². The molecule has 28 heavy (non-hydrogen) atoms. The normalized spacial score (nSPS) is 15.0. The smallest absolute Gasteiger partial charge is 0.268 e. The summed E-state index contributed by atoms with van der Waals surface area (Å²) in [7, 11) is -0.818. The lowest BCUT2D eigenvalue weighted by Gasteiger charge is -2.28. The first-order chi connectivity index (χ1) is 13.6. The Balaban J connectivity index is 1.80. The zero-order chi connectivity index (χ0) is 19.7. The molecular formula is C19H22N4O4S. The minimum absolute atomic E-state index is 0.128. The lowest BCUT2D eigenvalue weighted by atomic mass is 10.2. The summed E-state index contributed by atoms with van der Waals surface area (Å²) in [6.07, 6.45) is 3.23. The van der Waals surface area contributed by atoms with Gasteiger partial charge >= 0.3 is 0 Å². The molecule has 2 aromatic heterocycles. The molecule has 0 atom stereocenters. The zero-order valence-electron chi connectivity index (χ0n) is 15.8. The Bertz CT molecular complexity index is 1100. The molecule has 0 aliphatic carbocycles. The van der Waals surface area contributed by atoms with Crippen molar-refractivity contribution in [2.24, 2.45) is 0 Å². The van der Waals surface area contributed by atoms with Crippen LogP contribution >= 0.6 is 0 Å². The number of rotatable bonds is 5. The quantitative estimate of drug-likeness (QED) is 0.695. The molecule has 1 N–H and O–H groups in total. The Kier molecular flexibility index (Phi) is 4.86. The van der Waals surface area contributed by atoms with Crippen LogP contribution in [0.1, 0.15) is 0 Å². The average Bonchev–Trinajstić information content (AvgIpc) is 3.19. The molecule has 1 aliphatic heterocycles. The topological polar surface area (TPSA) is 85.7 Å². The number of nitrogens with one attached hydrogen (secondary N) is 1. The average molecular weight is 402 g/mol. The Morgan fingerprint density at radius 2 is 1.79 bits per heavy atom. The van der Waals surface area contributed by atoms with E-state index in [-0.39, 0.29) is 4.90 Å². The van der Waals surface area contributed by atoms with Gasteiger partial charge in [0.1, 0.15) is 5.82 Å². The van der Waals surface area contributed by atoms with Gasteiger partial charge in [0.15, 0.2) is 11.5 Å². The fourth-order valence-electron chi connectivity index (χ4n) is 3.46. The molecule has 8 nitrogen and oxygen atoms in total. The van der Waals surface area contributed by atoms with Gasteiger partial charge in [0.2, 0.25) is 0 Å². The van der Waals surface area contributed by atoms with Crippen molar-refractivity contribution in [1.82, 2.24) is 14.3 Å². The second-order valence-corrected chi connectivity index (χ2v) is 8.25. The maximum absolute atomic E-state index is 13.3. The second-order valence-electron chi connectivity index (χ2n) is 6.44. The van der Waals surface area contributed by atoms with E-state index in [2.05, 4.69) is 15.2 Å². The maximum atomic E-state index is 13.3. The highest BCUT2D eigenvalue weighted by Gasteiger charge is 2.23. The van der Waals surface area contributed by atoms with E-state index in [1.165, 1.54) is 30.3 Å². The number of hydrogen-bond acceptors (Lipinski definition) is 7. The largest absolute Gasteiger partial charge is 0.493 e. The van der Waals surface area contributed by atoms with Crippen molar-refractivity contribution in [2.75, 3.05) is 45.3 Å². The molecule has 3 heterocycles. The summed E-state index contributed by atoms with van der Waals surface area (Å²) < 4.78 is 38.3. The van der Waals surface area contributed by atoms with Crippen molar-refractivity contribution in [3.8, 4) is 11.5 Å². The Hall–Kier alpha value is -2.78. The van der Waals surface area contributed by atoms with E-state index in [0.717, 1.165) is 37.4 Å². The molecule has 0 saturated carbocycles. The summed E-state index contributed by atoms with van der Waals surface area (Å²) >= 11 is 0. The van der Waals surface area contributed by atoms with E-state index in [0.29, 0.717) is 17.0 Å². The number of anilines is 1. The van der Waals surface area contributed by atoms with E-state index >= 15 is 0 Å². The molecule has 0 amide bonds. The standard InChI is InChI=1S/C19H22N4O4S/c1-26-17-4-3-14(13-18(17)27-2)28(24,25)23-10-6-15-16(23)5-7-21-19(15)22-11-8-20-9-12-22/h3-7,10,13,20H,8-9,11-12H2,1-2H3. The van der Waals surface area contributed by atoms with Gasteiger partial charge in [-0.1, -0.05) is 0 Å². The van der Waals surface area contributed by atoms with Crippen LogP contribution < -0.4 is 19.7 Å². The number of nitrogens with zero attached hydrogens (tertiary/aromatic N) is 3. The molecule has 3 aromatic rings. The third-order valence-electron chi connectivity index (χ3n) is 4.89. The summed E-state index contributed by atoms with van der Waals surface area (Å²) in [5, 5.41) is 4.12. The highest BCUT2D eigenvalue weighted by atomic mass is 32.2. The Morgan fingerprint density at radius 3 is 2.50 bits per heavy atom. The van der Waals surface area contributed by atoms with Gasteiger partial charge in [-0.05, 0) is 24.3 Å². The predicted molar refractivity (Wildman–Crippen MR) is 107 cm³/mol. The van der Waals surface area contributed by atoms with Gasteiger partial charge in [-0.15, -0.1) is 0 Å². The van der Waals surface area contributed by atoms with Crippen LogP contribution in [-0.4, -0.2) is 57.8 Å². The molecule has 1 aliphatic rings. The van der Waals surface area contributed by atoms with Crippen LogP contribution in [0.4, 0.5) is 5.82 Å². The SMILES string of the molecule is COc1ccc(S(=O)(=O)n2ccc3c(N4CCNCC4)nccc32)cc1OC. The predicted octanol–water partition coefficient (Wildman–Crippen LogP) is 1.70. The Morgan fingerprint density at radius 1 is 1.04 bits per heavy atom. The lowest BCUT2D eigenvalue weighted by molar-refractivity contribution is 0.354. The van der Waals surface area contributed by atoms with E-state index in [1.54, 1.807) is 30.6 Å². The van der Waals surface area contributed by atoms with Crippen LogP contribution in [0.3, 0.4) is 0 Å². The zero-order valence-corrected chi connectivity index (χ0v) is 16.6. The van der Waals surface area contributed by atoms with E-state index in [9.17, 15) is 8.42 Å². The number of benzene rings is 1. The van der Waals surface area contributed by atoms with Crippen molar-refractivity contribution in [2.45, 2.75) is 4.90 Å². The van der Waals surface area contributed by atoms with Crippen LogP contribution in [-0.2, 0) is 10.0 Å². The van der Waals surface area contributed by atoms with Crippen molar-refractivity contribution in [3.05, 3.63) is 42.7 Å². The van der Waals surface area contributed by atoms with Gasteiger partial charge in [-0.3, -0.25) is 0 Å². The van der Waals surface area contributed by atoms with Crippen molar-refractivity contribution < 1.29 is 17.9 Å². The number of aromatic nitrogens is 2. The fourth-order valence-corrected chi connectivity index (χ4v) is 4.82. The minimum atomic E-state index is -3.80. The molecule has 1 fully saturated rings. The van der Waals surface area contributed by atoms with E-state index < -0.39 is 10.0 Å². The molecule has 1 saturated heterocycles. The first-order valence-electron chi connectivity index (χ1n) is 8.95. The summed E-state index contributed by atoms with van der Waals surface area (Å²) in [5.74, 6) is 1.65. The number of hydrogen-bond donors (Lipinski definition) is 1.